The fourth-order valence-electron chi connectivity index (χ4n) is 5.08. The molecule has 3 rings (SSSR count). The highest BCUT2D eigenvalue weighted by molar-refractivity contribution is 4.95. The second kappa shape index (κ2) is 7.26. The summed E-state index contributed by atoms with van der Waals surface area (Å²) >= 11 is 0. The predicted octanol–water partition coefficient (Wildman–Crippen LogP) is 3.95. The molecule has 0 bridgehead atoms. The first-order valence-electron chi connectivity index (χ1n) is 9.38. The summed E-state index contributed by atoms with van der Waals surface area (Å²) in [5.74, 6) is 0.902. The first-order chi connectivity index (χ1) is 9.90. The van der Waals surface area contributed by atoms with Gasteiger partial charge in [0.2, 0.25) is 0 Å². The van der Waals surface area contributed by atoms with Gasteiger partial charge in [0.15, 0.2) is 0 Å². The number of rotatable bonds is 4. The minimum absolute atomic E-state index is 0.839. The summed E-state index contributed by atoms with van der Waals surface area (Å²) in [6.45, 7) is 4.91. The van der Waals surface area contributed by atoms with Crippen molar-refractivity contribution in [2.75, 3.05) is 13.1 Å². The maximum absolute atomic E-state index is 3.69. The zero-order valence-corrected chi connectivity index (χ0v) is 13.4. The molecule has 1 heterocycles. The van der Waals surface area contributed by atoms with Crippen LogP contribution in [0.1, 0.15) is 77.6 Å². The van der Waals surface area contributed by atoms with Crippen molar-refractivity contribution in [1.29, 1.82) is 0 Å². The summed E-state index contributed by atoms with van der Waals surface area (Å²) in [6, 6.07) is 2.66. The van der Waals surface area contributed by atoms with Crippen LogP contribution in [0.25, 0.3) is 0 Å². The normalized spacial score (nSPS) is 33.9. The number of nitrogens with one attached hydrogen (secondary N) is 1. The molecule has 116 valence electrons. The molecular formula is C18H34N2. The van der Waals surface area contributed by atoms with Gasteiger partial charge in [0.1, 0.15) is 0 Å². The maximum atomic E-state index is 3.69. The monoisotopic (exact) mass is 278 g/mol. The predicted molar refractivity (Wildman–Crippen MR) is 86.0 cm³/mol. The molecule has 3 aliphatic rings. The van der Waals surface area contributed by atoms with E-state index in [4.69, 9.17) is 0 Å². The van der Waals surface area contributed by atoms with Gasteiger partial charge in [-0.3, -0.25) is 4.90 Å². The molecule has 2 nitrogen and oxygen atoms in total. The summed E-state index contributed by atoms with van der Waals surface area (Å²) in [4.78, 5) is 3.05. The number of nitrogens with zero attached hydrogens (tertiary/aromatic N) is 1. The second-order valence-corrected chi connectivity index (χ2v) is 7.42. The van der Waals surface area contributed by atoms with Gasteiger partial charge in [0.05, 0.1) is 0 Å². The SMILES string of the molecule is CCC1CNCC1N(C1CCCCC1)C1CCCCC1. The molecule has 2 atom stereocenters. The van der Waals surface area contributed by atoms with E-state index in [-0.39, 0.29) is 0 Å². The lowest BCUT2D eigenvalue weighted by Gasteiger charge is -2.46. The van der Waals surface area contributed by atoms with E-state index in [2.05, 4.69) is 17.1 Å². The fraction of sp³-hybridized carbons (Fsp3) is 1.00. The van der Waals surface area contributed by atoms with Gasteiger partial charge < -0.3 is 5.32 Å². The van der Waals surface area contributed by atoms with Crippen molar-refractivity contribution in [3.05, 3.63) is 0 Å². The highest BCUT2D eigenvalue weighted by Crippen LogP contribution is 2.35. The van der Waals surface area contributed by atoms with E-state index in [1.807, 2.05) is 0 Å². The third-order valence-corrected chi connectivity index (χ3v) is 6.20. The molecule has 0 aromatic heterocycles. The first-order valence-corrected chi connectivity index (χ1v) is 9.38. The van der Waals surface area contributed by atoms with Crippen LogP contribution in [0.15, 0.2) is 0 Å². The van der Waals surface area contributed by atoms with Crippen molar-refractivity contribution in [2.24, 2.45) is 5.92 Å². The molecule has 0 spiro atoms. The zero-order valence-electron chi connectivity index (χ0n) is 13.4. The van der Waals surface area contributed by atoms with Gasteiger partial charge in [-0.1, -0.05) is 51.9 Å². The van der Waals surface area contributed by atoms with Gasteiger partial charge in [-0.15, -0.1) is 0 Å². The zero-order chi connectivity index (χ0) is 13.8. The Hall–Kier alpha value is -0.0800. The quantitative estimate of drug-likeness (QED) is 0.837. The van der Waals surface area contributed by atoms with Gasteiger partial charge in [-0.25, -0.2) is 0 Å². The summed E-state index contributed by atoms with van der Waals surface area (Å²) in [7, 11) is 0. The van der Waals surface area contributed by atoms with Crippen molar-refractivity contribution in [1.82, 2.24) is 10.2 Å². The Morgan fingerprint density at radius 3 is 1.85 bits per heavy atom. The van der Waals surface area contributed by atoms with Crippen LogP contribution < -0.4 is 5.32 Å². The van der Waals surface area contributed by atoms with E-state index in [0.717, 1.165) is 24.0 Å². The molecule has 0 radical (unpaired) electrons. The maximum Gasteiger partial charge on any atom is 0.0266 e. The Balaban J connectivity index is 1.74. The second-order valence-electron chi connectivity index (χ2n) is 7.42. The van der Waals surface area contributed by atoms with E-state index in [1.54, 1.807) is 0 Å². The van der Waals surface area contributed by atoms with E-state index in [1.165, 1.54) is 83.7 Å². The molecule has 2 saturated carbocycles. The van der Waals surface area contributed by atoms with Crippen LogP contribution in [0.2, 0.25) is 0 Å². The fourth-order valence-corrected chi connectivity index (χ4v) is 5.08. The average molecular weight is 278 g/mol. The van der Waals surface area contributed by atoms with Crippen molar-refractivity contribution in [3.8, 4) is 0 Å². The molecule has 3 fully saturated rings. The number of hydrogen-bond donors (Lipinski definition) is 1. The Kier molecular flexibility index (Phi) is 5.39. The molecule has 1 N–H and O–H groups in total. The molecule has 0 aromatic carbocycles. The van der Waals surface area contributed by atoms with E-state index in [0.29, 0.717) is 0 Å². The van der Waals surface area contributed by atoms with Crippen LogP contribution in [-0.2, 0) is 0 Å². The Bertz CT molecular complexity index is 261. The lowest BCUT2D eigenvalue weighted by Crippen LogP contribution is -2.53. The van der Waals surface area contributed by atoms with Crippen LogP contribution in [0, 0.1) is 5.92 Å². The van der Waals surface area contributed by atoms with Crippen LogP contribution in [-0.4, -0.2) is 36.1 Å². The largest absolute Gasteiger partial charge is 0.315 e. The van der Waals surface area contributed by atoms with Crippen molar-refractivity contribution in [3.63, 3.8) is 0 Å². The third kappa shape index (κ3) is 3.22. The highest BCUT2D eigenvalue weighted by Gasteiger charge is 2.39. The Morgan fingerprint density at radius 2 is 1.35 bits per heavy atom. The third-order valence-electron chi connectivity index (χ3n) is 6.20. The Morgan fingerprint density at radius 1 is 0.800 bits per heavy atom. The lowest BCUT2D eigenvalue weighted by atomic mass is 9.85. The van der Waals surface area contributed by atoms with Crippen LogP contribution >= 0.6 is 0 Å². The molecule has 0 amide bonds. The van der Waals surface area contributed by atoms with E-state index in [9.17, 15) is 0 Å². The summed E-state index contributed by atoms with van der Waals surface area (Å²) in [5.41, 5.74) is 0. The van der Waals surface area contributed by atoms with E-state index < -0.39 is 0 Å². The van der Waals surface area contributed by atoms with Crippen LogP contribution in [0.4, 0.5) is 0 Å². The molecule has 0 aromatic rings. The molecule has 20 heavy (non-hydrogen) atoms. The van der Waals surface area contributed by atoms with Crippen molar-refractivity contribution >= 4 is 0 Å². The van der Waals surface area contributed by atoms with Gasteiger partial charge in [0.25, 0.3) is 0 Å². The summed E-state index contributed by atoms with van der Waals surface area (Å²) in [5, 5.41) is 3.69. The van der Waals surface area contributed by atoms with Gasteiger partial charge in [-0.05, 0) is 38.1 Å². The molecule has 2 aliphatic carbocycles. The van der Waals surface area contributed by atoms with Crippen molar-refractivity contribution < 1.29 is 0 Å². The Labute approximate surface area is 125 Å². The van der Waals surface area contributed by atoms with Gasteiger partial charge >= 0.3 is 0 Å². The first kappa shape index (κ1) is 14.8. The highest BCUT2D eigenvalue weighted by atomic mass is 15.3. The molecule has 2 unspecified atom stereocenters. The molecule has 1 saturated heterocycles. The summed E-state index contributed by atoms with van der Waals surface area (Å²) in [6.07, 6.45) is 16.1. The molecular weight excluding hydrogens is 244 g/mol. The molecule has 2 heteroatoms. The van der Waals surface area contributed by atoms with Crippen LogP contribution in [0.3, 0.4) is 0 Å². The van der Waals surface area contributed by atoms with Crippen LogP contribution in [0.5, 0.6) is 0 Å². The smallest absolute Gasteiger partial charge is 0.0266 e. The van der Waals surface area contributed by atoms with Crippen molar-refractivity contribution in [2.45, 2.75) is 95.7 Å². The van der Waals surface area contributed by atoms with E-state index >= 15 is 0 Å². The molecule has 1 aliphatic heterocycles. The standard InChI is InChI=1S/C18H34N2/c1-2-15-13-19-14-18(15)20(16-9-5-3-6-10-16)17-11-7-4-8-12-17/h15-19H,2-14H2,1H3. The number of hydrogen-bond acceptors (Lipinski definition) is 2. The topological polar surface area (TPSA) is 15.3 Å². The van der Waals surface area contributed by atoms with Gasteiger partial charge in [-0.2, -0.15) is 0 Å². The lowest BCUT2D eigenvalue weighted by molar-refractivity contribution is 0.0272. The average Bonchev–Trinajstić information content (AvgIpc) is 2.98. The minimum Gasteiger partial charge on any atom is -0.315 e. The minimum atomic E-state index is 0.839. The van der Waals surface area contributed by atoms with Gasteiger partial charge in [0, 0.05) is 24.7 Å². The summed E-state index contributed by atoms with van der Waals surface area (Å²) < 4.78 is 0.